The summed E-state index contributed by atoms with van der Waals surface area (Å²) in [4.78, 5) is 12.0. The fourth-order valence-corrected chi connectivity index (χ4v) is 2.94. The zero-order valence-electron chi connectivity index (χ0n) is 13.1. The topological polar surface area (TPSA) is 84.9 Å². The van der Waals surface area contributed by atoms with Gasteiger partial charge >= 0.3 is 0 Å². The molecule has 0 saturated carbocycles. The molecule has 0 aliphatic rings. The molecular formula is C19H14FN3O2. The minimum absolute atomic E-state index is 0.290. The number of hydrogen-bond donors (Lipinski definition) is 2. The van der Waals surface area contributed by atoms with Crippen LogP contribution in [0.25, 0.3) is 22.1 Å². The van der Waals surface area contributed by atoms with Crippen LogP contribution in [0.15, 0.2) is 64.0 Å². The Morgan fingerprint density at radius 3 is 2.84 bits per heavy atom. The average Bonchev–Trinajstić information content (AvgIpc) is 3.14. The second-order valence-corrected chi connectivity index (χ2v) is 5.74. The molecule has 6 heteroatoms. The lowest BCUT2D eigenvalue weighted by atomic mass is 10.0. The first-order valence-corrected chi connectivity index (χ1v) is 7.71. The SMILES string of the molecule is Nc1cccc2c(=O)[nH]nc(Cc3ccc(F)c(-c4ccco4)c3)c12. The number of fused-ring (bicyclic) bond motifs is 1. The number of H-pyrrole nitrogens is 1. The molecule has 25 heavy (non-hydrogen) atoms. The summed E-state index contributed by atoms with van der Waals surface area (Å²) in [6, 6.07) is 13.4. The highest BCUT2D eigenvalue weighted by molar-refractivity contribution is 5.94. The first-order valence-electron chi connectivity index (χ1n) is 7.71. The normalized spacial score (nSPS) is 11.1. The maximum atomic E-state index is 14.1. The van der Waals surface area contributed by atoms with E-state index in [9.17, 15) is 9.18 Å². The molecular weight excluding hydrogens is 321 g/mol. The van der Waals surface area contributed by atoms with Crippen LogP contribution in [0.1, 0.15) is 11.3 Å². The van der Waals surface area contributed by atoms with Crippen LogP contribution in [0.5, 0.6) is 0 Å². The van der Waals surface area contributed by atoms with Crippen molar-refractivity contribution in [2.75, 3.05) is 5.73 Å². The van der Waals surface area contributed by atoms with E-state index in [0.29, 0.717) is 39.9 Å². The smallest absolute Gasteiger partial charge is 0.272 e. The number of furan rings is 1. The van der Waals surface area contributed by atoms with Gasteiger partial charge in [0.2, 0.25) is 0 Å². The van der Waals surface area contributed by atoms with Crippen molar-refractivity contribution < 1.29 is 8.81 Å². The Morgan fingerprint density at radius 2 is 2.04 bits per heavy atom. The van der Waals surface area contributed by atoms with Crippen molar-refractivity contribution in [1.82, 2.24) is 10.2 Å². The van der Waals surface area contributed by atoms with Crippen molar-refractivity contribution in [3.63, 3.8) is 0 Å². The first-order chi connectivity index (χ1) is 12.1. The van der Waals surface area contributed by atoms with Crippen LogP contribution in [0.2, 0.25) is 0 Å². The van der Waals surface area contributed by atoms with Crippen LogP contribution in [0.4, 0.5) is 10.1 Å². The summed E-state index contributed by atoms with van der Waals surface area (Å²) < 4.78 is 19.4. The van der Waals surface area contributed by atoms with E-state index in [2.05, 4.69) is 10.2 Å². The maximum absolute atomic E-state index is 14.1. The van der Waals surface area contributed by atoms with E-state index < -0.39 is 0 Å². The summed E-state index contributed by atoms with van der Waals surface area (Å²) in [5, 5.41) is 7.74. The minimum atomic E-state index is -0.363. The summed E-state index contributed by atoms with van der Waals surface area (Å²) >= 11 is 0. The quantitative estimate of drug-likeness (QED) is 0.561. The second kappa shape index (κ2) is 5.90. The lowest BCUT2D eigenvalue weighted by Gasteiger charge is -2.09. The third-order valence-electron chi connectivity index (χ3n) is 4.11. The molecule has 2 heterocycles. The van der Waals surface area contributed by atoms with E-state index in [1.54, 1.807) is 42.5 Å². The molecule has 0 aliphatic heterocycles. The molecule has 3 N–H and O–H groups in total. The zero-order valence-corrected chi connectivity index (χ0v) is 13.1. The highest BCUT2D eigenvalue weighted by Crippen LogP contribution is 2.27. The van der Waals surface area contributed by atoms with Crippen molar-refractivity contribution in [2.45, 2.75) is 6.42 Å². The summed E-state index contributed by atoms with van der Waals surface area (Å²) in [7, 11) is 0. The van der Waals surface area contributed by atoms with Gasteiger partial charge in [-0.2, -0.15) is 5.10 Å². The van der Waals surface area contributed by atoms with Crippen molar-refractivity contribution in [2.24, 2.45) is 0 Å². The first kappa shape index (κ1) is 15.1. The van der Waals surface area contributed by atoms with Crippen LogP contribution in [-0.2, 0) is 6.42 Å². The molecule has 0 unspecified atom stereocenters. The van der Waals surface area contributed by atoms with E-state index in [0.717, 1.165) is 5.56 Å². The number of hydrogen-bond acceptors (Lipinski definition) is 4. The Bertz CT molecular complexity index is 1120. The van der Waals surface area contributed by atoms with Gasteiger partial charge in [0, 0.05) is 17.5 Å². The van der Waals surface area contributed by atoms with Gasteiger partial charge < -0.3 is 10.2 Å². The van der Waals surface area contributed by atoms with Crippen LogP contribution < -0.4 is 11.3 Å². The third kappa shape index (κ3) is 2.67. The predicted molar refractivity (Wildman–Crippen MR) is 93.7 cm³/mol. The summed E-state index contributed by atoms with van der Waals surface area (Å²) in [5.74, 6) is 0.0932. The predicted octanol–water partition coefficient (Wildman–Crippen LogP) is 3.50. The number of benzene rings is 2. The van der Waals surface area contributed by atoms with Crippen LogP contribution in [0, 0.1) is 5.82 Å². The Labute approximate surface area is 141 Å². The van der Waals surface area contributed by atoms with E-state index in [1.165, 1.54) is 12.3 Å². The lowest BCUT2D eigenvalue weighted by molar-refractivity contribution is 0.569. The molecule has 0 aliphatic carbocycles. The molecule has 124 valence electrons. The fourth-order valence-electron chi connectivity index (χ4n) is 2.94. The monoisotopic (exact) mass is 335 g/mol. The molecule has 0 spiro atoms. The molecule has 4 aromatic rings. The number of nitrogens with two attached hydrogens (primary N) is 1. The highest BCUT2D eigenvalue weighted by atomic mass is 19.1. The zero-order chi connectivity index (χ0) is 17.4. The largest absolute Gasteiger partial charge is 0.464 e. The van der Waals surface area contributed by atoms with Gasteiger partial charge in [0.15, 0.2) is 0 Å². The van der Waals surface area contributed by atoms with E-state index in [4.69, 9.17) is 10.2 Å². The number of aromatic amines is 1. The molecule has 0 radical (unpaired) electrons. The number of rotatable bonds is 3. The van der Waals surface area contributed by atoms with E-state index in [-0.39, 0.29) is 11.4 Å². The summed E-state index contributed by atoms with van der Waals surface area (Å²) in [6.07, 6.45) is 1.90. The molecule has 4 rings (SSSR count). The fraction of sp³-hybridized carbons (Fsp3) is 0.0526. The van der Waals surface area contributed by atoms with Gasteiger partial charge in [-0.3, -0.25) is 4.79 Å². The molecule has 0 saturated heterocycles. The number of aromatic nitrogens is 2. The third-order valence-corrected chi connectivity index (χ3v) is 4.11. The van der Waals surface area contributed by atoms with Gasteiger partial charge in [-0.15, -0.1) is 0 Å². The summed E-state index contributed by atoms with van der Waals surface area (Å²) in [5.41, 5.74) is 8.08. The van der Waals surface area contributed by atoms with E-state index >= 15 is 0 Å². The second-order valence-electron chi connectivity index (χ2n) is 5.74. The number of halogens is 1. The van der Waals surface area contributed by atoms with Gasteiger partial charge in [0.05, 0.1) is 22.9 Å². The maximum Gasteiger partial charge on any atom is 0.272 e. The summed E-state index contributed by atoms with van der Waals surface area (Å²) in [6.45, 7) is 0. The number of nitrogens with zero attached hydrogens (tertiary/aromatic N) is 1. The van der Waals surface area contributed by atoms with Crippen molar-refractivity contribution in [3.8, 4) is 11.3 Å². The van der Waals surface area contributed by atoms with Gasteiger partial charge in [0.25, 0.3) is 5.56 Å². The Balaban J connectivity index is 1.82. The average molecular weight is 335 g/mol. The Kier molecular flexibility index (Phi) is 3.57. The van der Waals surface area contributed by atoms with Crippen molar-refractivity contribution >= 4 is 16.5 Å². The number of anilines is 1. The number of nitrogen functional groups attached to an aromatic ring is 1. The molecule has 0 amide bonds. The standard InChI is InChI=1S/C19H14FN3O2/c20-14-7-6-11(9-13(14)17-5-2-8-25-17)10-16-18-12(19(24)23-22-16)3-1-4-15(18)21/h1-9H,10,21H2,(H,23,24). The minimum Gasteiger partial charge on any atom is -0.464 e. The van der Waals surface area contributed by atoms with Gasteiger partial charge in [-0.1, -0.05) is 12.1 Å². The van der Waals surface area contributed by atoms with Gasteiger partial charge in [0.1, 0.15) is 11.6 Å². The van der Waals surface area contributed by atoms with E-state index in [1.807, 2.05) is 0 Å². The Hall–Kier alpha value is -3.41. The lowest BCUT2D eigenvalue weighted by Crippen LogP contribution is -2.12. The van der Waals surface area contributed by atoms with Crippen molar-refractivity contribution in [1.29, 1.82) is 0 Å². The van der Waals surface area contributed by atoms with Gasteiger partial charge in [-0.25, -0.2) is 9.49 Å². The van der Waals surface area contributed by atoms with Crippen LogP contribution >= 0.6 is 0 Å². The van der Waals surface area contributed by atoms with Gasteiger partial charge in [-0.05, 0) is 42.0 Å². The van der Waals surface area contributed by atoms with Crippen LogP contribution in [-0.4, -0.2) is 10.2 Å². The number of nitrogens with one attached hydrogen (secondary N) is 1. The molecule has 0 bridgehead atoms. The highest BCUT2D eigenvalue weighted by Gasteiger charge is 2.13. The van der Waals surface area contributed by atoms with Crippen LogP contribution in [0.3, 0.4) is 0 Å². The molecule has 5 nitrogen and oxygen atoms in total. The van der Waals surface area contributed by atoms with Crippen molar-refractivity contribution in [3.05, 3.63) is 82.2 Å². The molecule has 0 fully saturated rings. The molecule has 0 atom stereocenters. The molecule has 2 aromatic heterocycles. The Morgan fingerprint density at radius 1 is 1.16 bits per heavy atom. The molecule has 2 aromatic carbocycles.